The van der Waals surface area contributed by atoms with Crippen LogP contribution in [-0.4, -0.2) is 62.8 Å². The fraction of sp³-hybridized carbons (Fsp3) is 0. The summed E-state index contributed by atoms with van der Waals surface area (Å²) in [5, 5.41) is 4.11. The molecule has 1 aromatic heterocycles. The number of rotatable bonds is 4. The minimum atomic E-state index is 0.163. The largest absolute Gasteiger partial charge is 0.456 e. The number of hydrogen-bond donors (Lipinski definition) is 0. The topological polar surface area (TPSA) is 13.1 Å². The molecule has 1 nitrogen and oxygen atoms in total. The van der Waals surface area contributed by atoms with Crippen molar-refractivity contribution >= 4 is 150 Å². The van der Waals surface area contributed by atoms with Crippen LogP contribution in [0, 0.1) is 0 Å². The van der Waals surface area contributed by atoms with E-state index in [1.54, 1.807) is 0 Å². The number of benzene rings is 8. The van der Waals surface area contributed by atoms with Gasteiger partial charge in [0, 0.05) is 10.8 Å². The van der Waals surface area contributed by atoms with Crippen LogP contribution >= 0.6 is 0 Å². The van der Waals surface area contributed by atoms with Gasteiger partial charge >= 0.3 is 0 Å². The standard InChI is InChI=1S/C44H20B8O/c45-37-33-31(24-18-19-30-28(20-24)26-11-6-7-13-29(26)53-30)34-36(40(48)44(52)42(50)38(34)46)32(35(33)39(47)43(51)41(37)49)27-12-5-4-10-25(27)23-16-14-22(15-17-23)21-8-2-1-3-9-21/h1-20H. The lowest BCUT2D eigenvalue weighted by molar-refractivity contribution is 0.669. The maximum Gasteiger partial charge on any atom is 0.135 e. The molecule has 0 amide bonds. The van der Waals surface area contributed by atoms with E-state index in [4.69, 9.17) is 67.2 Å². The van der Waals surface area contributed by atoms with Crippen LogP contribution in [0.3, 0.4) is 0 Å². The Bertz CT molecular complexity index is 2890. The van der Waals surface area contributed by atoms with E-state index in [2.05, 4.69) is 42.5 Å². The van der Waals surface area contributed by atoms with Crippen LogP contribution in [0.5, 0.6) is 0 Å². The monoisotopic (exact) mass is 652 g/mol. The summed E-state index contributed by atoms with van der Waals surface area (Å²) in [7, 11) is 54.7. The van der Waals surface area contributed by atoms with Gasteiger partial charge in [-0.25, -0.2) is 0 Å². The zero-order valence-corrected chi connectivity index (χ0v) is 28.6. The highest BCUT2D eigenvalue weighted by molar-refractivity contribution is 6.71. The van der Waals surface area contributed by atoms with E-state index in [0.717, 1.165) is 55.3 Å². The van der Waals surface area contributed by atoms with Crippen LogP contribution in [0.1, 0.15) is 0 Å². The number of hydrogen-bond acceptors (Lipinski definition) is 1. The van der Waals surface area contributed by atoms with Gasteiger partial charge in [-0.15, -0.1) is 21.9 Å². The molecular weight excluding hydrogens is 631 g/mol. The van der Waals surface area contributed by atoms with E-state index >= 15 is 0 Å². The minimum absolute atomic E-state index is 0.163. The first-order valence-electron chi connectivity index (χ1n) is 17.1. The SMILES string of the molecule is [B]c1c([B])c([B])c2c(-c3ccccc3-c3ccc(-c4ccccc4)cc3)c3c([B])c([B])c([B])c([B])c3c(-c3ccc4oc5ccccc5c4c3)c2c1[B]. The van der Waals surface area contributed by atoms with Gasteiger partial charge in [0.2, 0.25) is 0 Å². The predicted octanol–water partition coefficient (Wildman–Crippen LogP) is 2.91. The van der Waals surface area contributed by atoms with Gasteiger partial charge in [-0.05, 0) is 84.3 Å². The molecule has 53 heavy (non-hydrogen) atoms. The molecule has 0 fully saturated rings. The van der Waals surface area contributed by atoms with Crippen molar-refractivity contribution in [3.05, 3.63) is 121 Å². The van der Waals surface area contributed by atoms with Gasteiger partial charge in [0.1, 0.15) is 73.9 Å². The molecule has 0 saturated heterocycles. The van der Waals surface area contributed by atoms with Crippen LogP contribution in [0.4, 0.5) is 0 Å². The minimum Gasteiger partial charge on any atom is -0.456 e. The molecule has 0 bridgehead atoms. The third-order valence-corrected chi connectivity index (χ3v) is 10.5. The summed E-state index contributed by atoms with van der Waals surface area (Å²) < 4.78 is 6.18. The third-order valence-electron chi connectivity index (χ3n) is 10.5. The first-order valence-corrected chi connectivity index (χ1v) is 17.1. The van der Waals surface area contributed by atoms with Crippen molar-refractivity contribution in [1.82, 2.24) is 0 Å². The Hall–Kier alpha value is -5.40. The second-order valence-electron chi connectivity index (χ2n) is 13.4. The molecule has 0 aliphatic heterocycles. The molecule has 0 spiro atoms. The van der Waals surface area contributed by atoms with Gasteiger partial charge in [-0.1, -0.05) is 125 Å². The lowest BCUT2D eigenvalue weighted by atomic mass is 9.59. The molecule has 0 saturated carbocycles. The molecule has 0 atom stereocenters. The molecule has 9 heteroatoms. The van der Waals surface area contributed by atoms with Crippen molar-refractivity contribution < 1.29 is 4.42 Å². The summed E-state index contributed by atoms with van der Waals surface area (Å²) in [6.45, 7) is 0. The van der Waals surface area contributed by atoms with Gasteiger partial charge in [0.25, 0.3) is 0 Å². The van der Waals surface area contributed by atoms with Crippen molar-refractivity contribution in [3.8, 4) is 44.5 Å². The number of fused-ring (bicyclic) bond motifs is 5. The van der Waals surface area contributed by atoms with Crippen molar-refractivity contribution in [2.75, 3.05) is 0 Å². The lowest BCUT2D eigenvalue weighted by Crippen LogP contribution is -2.50. The van der Waals surface area contributed by atoms with E-state index in [9.17, 15) is 0 Å². The molecule has 16 radical (unpaired) electrons. The summed E-state index contributed by atoms with van der Waals surface area (Å²) in [5.74, 6) is 0. The molecule has 9 rings (SSSR count). The molecule has 1 heterocycles. The number of para-hydroxylation sites is 1. The van der Waals surface area contributed by atoms with E-state index < -0.39 is 0 Å². The molecule has 0 unspecified atom stereocenters. The molecule has 226 valence electrons. The van der Waals surface area contributed by atoms with Crippen molar-refractivity contribution in [3.63, 3.8) is 0 Å². The maximum atomic E-state index is 7.04. The Labute approximate surface area is 318 Å². The van der Waals surface area contributed by atoms with Gasteiger partial charge in [-0.3, -0.25) is 0 Å². The zero-order chi connectivity index (χ0) is 36.7. The summed E-state index contributed by atoms with van der Waals surface area (Å²) in [4.78, 5) is 0. The van der Waals surface area contributed by atoms with E-state index in [0.29, 0.717) is 32.7 Å². The Morgan fingerprint density at radius 2 is 0.736 bits per heavy atom. The summed E-state index contributed by atoms with van der Waals surface area (Å²) in [5.41, 5.74) is 10.1. The smallest absolute Gasteiger partial charge is 0.135 e. The Kier molecular flexibility index (Phi) is 7.97. The molecule has 0 aliphatic carbocycles. The zero-order valence-electron chi connectivity index (χ0n) is 28.6. The van der Waals surface area contributed by atoms with Gasteiger partial charge < -0.3 is 4.42 Å². The second-order valence-corrected chi connectivity index (χ2v) is 13.4. The van der Waals surface area contributed by atoms with Crippen LogP contribution in [-0.2, 0) is 0 Å². The highest BCUT2D eigenvalue weighted by Gasteiger charge is 2.26. The van der Waals surface area contributed by atoms with E-state index in [-0.39, 0.29) is 43.7 Å². The van der Waals surface area contributed by atoms with Crippen molar-refractivity contribution in [2.45, 2.75) is 0 Å². The predicted molar refractivity (Wildman–Crippen MR) is 234 cm³/mol. The molecule has 8 aromatic carbocycles. The Balaban J connectivity index is 1.45. The van der Waals surface area contributed by atoms with Gasteiger partial charge in [0.15, 0.2) is 0 Å². The van der Waals surface area contributed by atoms with Crippen LogP contribution in [0.25, 0.3) is 88.0 Å². The van der Waals surface area contributed by atoms with Crippen LogP contribution < -0.4 is 43.7 Å². The highest BCUT2D eigenvalue weighted by atomic mass is 16.3. The fourth-order valence-electron chi connectivity index (χ4n) is 7.81. The second kappa shape index (κ2) is 12.6. The van der Waals surface area contributed by atoms with Crippen molar-refractivity contribution in [1.29, 1.82) is 0 Å². The van der Waals surface area contributed by atoms with E-state index in [1.807, 2.05) is 78.9 Å². The Morgan fingerprint density at radius 3 is 1.34 bits per heavy atom. The highest BCUT2D eigenvalue weighted by Crippen LogP contribution is 2.44. The van der Waals surface area contributed by atoms with Crippen molar-refractivity contribution in [2.24, 2.45) is 0 Å². The fourth-order valence-corrected chi connectivity index (χ4v) is 7.81. The first kappa shape index (κ1) is 33.4. The molecule has 0 aliphatic rings. The number of furan rings is 1. The maximum absolute atomic E-state index is 7.04. The average molecular weight is 651 g/mol. The summed E-state index contributed by atoms with van der Waals surface area (Å²) >= 11 is 0. The quantitative estimate of drug-likeness (QED) is 0.211. The lowest BCUT2D eigenvalue weighted by Gasteiger charge is -2.29. The van der Waals surface area contributed by atoms with E-state index in [1.165, 1.54) is 0 Å². The Morgan fingerprint density at radius 1 is 0.302 bits per heavy atom. The third kappa shape index (κ3) is 5.04. The van der Waals surface area contributed by atoms with Crippen LogP contribution in [0.15, 0.2) is 126 Å². The summed E-state index contributed by atoms with van der Waals surface area (Å²) in [6, 6.07) is 40.4. The van der Waals surface area contributed by atoms with Gasteiger partial charge in [-0.2, -0.15) is 0 Å². The molecular formula is C44H20B8O. The van der Waals surface area contributed by atoms with Gasteiger partial charge in [0.05, 0.1) is 0 Å². The average Bonchev–Trinajstić information content (AvgIpc) is 3.58. The molecule has 9 aromatic rings. The molecule has 0 N–H and O–H groups in total. The summed E-state index contributed by atoms with van der Waals surface area (Å²) in [6.07, 6.45) is 0. The normalized spacial score (nSPS) is 11.6. The first-order chi connectivity index (χ1) is 25.7. The van der Waals surface area contributed by atoms with Crippen LogP contribution in [0.2, 0.25) is 0 Å².